The van der Waals surface area contributed by atoms with Gasteiger partial charge in [0.25, 0.3) is 5.56 Å². The van der Waals surface area contributed by atoms with Crippen molar-refractivity contribution in [3.63, 3.8) is 0 Å². The Morgan fingerprint density at radius 3 is 2.74 bits per heavy atom. The summed E-state index contributed by atoms with van der Waals surface area (Å²) in [6.07, 6.45) is 0.461. The summed E-state index contributed by atoms with van der Waals surface area (Å²) in [5, 5.41) is 2.88. The number of anilines is 2. The maximum Gasteiger partial charge on any atom is 0.255 e. The molecule has 0 bridgehead atoms. The normalized spacial score (nSPS) is 13.8. The molecule has 0 unspecified atom stereocenters. The predicted molar refractivity (Wildman–Crippen MR) is 118 cm³/mol. The molecular weight excluding hydrogens is 400 g/mol. The molecule has 31 heavy (non-hydrogen) atoms. The lowest BCUT2D eigenvalue weighted by molar-refractivity contribution is -0.116. The topological polar surface area (TPSA) is 106 Å². The maximum atomic E-state index is 12.6. The quantitative estimate of drug-likeness (QED) is 0.585. The van der Waals surface area contributed by atoms with E-state index in [1.165, 1.54) is 0 Å². The van der Waals surface area contributed by atoms with E-state index < -0.39 is 0 Å². The van der Waals surface area contributed by atoms with Gasteiger partial charge in [-0.25, -0.2) is 4.98 Å². The first kappa shape index (κ1) is 22.8. The molecule has 1 aliphatic rings. The van der Waals surface area contributed by atoms with Crippen molar-refractivity contribution < 1.29 is 19.0 Å². The van der Waals surface area contributed by atoms with Crippen molar-refractivity contribution in [2.75, 3.05) is 56.8 Å². The molecule has 168 valence electrons. The van der Waals surface area contributed by atoms with E-state index in [4.69, 9.17) is 14.2 Å². The Balaban J connectivity index is 1.63. The van der Waals surface area contributed by atoms with Crippen molar-refractivity contribution >= 4 is 17.5 Å². The number of hydrogen-bond acceptors (Lipinski definition) is 7. The zero-order chi connectivity index (χ0) is 22.2. The lowest BCUT2D eigenvalue weighted by Gasteiger charge is -2.27. The van der Waals surface area contributed by atoms with Crippen LogP contribution in [0.1, 0.15) is 23.2 Å². The highest BCUT2D eigenvalue weighted by Crippen LogP contribution is 2.26. The largest absolute Gasteiger partial charge is 0.489 e. The molecule has 9 heteroatoms. The lowest BCUT2D eigenvalue weighted by atomic mass is 10.1. The highest BCUT2D eigenvalue weighted by Gasteiger charge is 2.17. The number of methoxy groups -OCH3 is 1. The van der Waals surface area contributed by atoms with E-state index in [2.05, 4.69) is 15.3 Å². The van der Waals surface area contributed by atoms with Crippen LogP contribution in [0.5, 0.6) is 5.75 Å². The standard InChI is InChI=1S/C22H30N4O5/c1-15-4-6-18(19(14-15)31-13-12-29-3)24-20(27)7-5-17-16(2)23-22(25-21(17)28)26-8-10-30-11-9-26/h4,6,14H,5,7-13H2,1-3H3,(H,24,27)(H,23,25,28). The number of amides is 1. The van der Waals surface area contributed by atoms with Gasteiger partial charge < -0.3 is 24.4 Å². The number of rotatable bonds is 9. The molecule has 2 N–H and O–H groups in total. The lowest BCUT2D eigenvalue weighted by Crippen LogP contribution is -2.38. The third-order valence-corrected chi connectivity index (χ3v) is 5.08. The van der Waals surface area contributed by atoms with Gasteiger partial charge in [-0.2, -0.15) is 0 Å². The fourth-order valence-electron chi connectivity index (χ4n) is 3.35. The van der Waals surface area contributed by atoms with E-state index in [1.54, 1.807) is 14.0 Å². The summed E-state index contributed by atoms with van der Waals surface area (Å²) in [7, 11) is 1.61. The summed E-state index contributed by atoms with van der Waals surface area (Å²) in [6.45, 7) is 7.20. The van der Waals surface area contributed by atoms with Gasteiger partial charge in [-0.1, -0.05) is 6.07 Å². The van der Waals surface area contributed by atoms with Gasteiger partial charge in [-0.15, -0.1) is 0 Å². The van der Waals surface area contributed by atoms with Gasteiger partial charge in [0, 0.05) is 37.9 Å². The minimum atomic E-state index is -0.208. The molecule has 2 heterocycles. The van der Waals surface area contributed by atoms with Crippen LogP contribution in [0, 0.1) is 13.8 Å². The van der Waals surface area contributed by atoms with Crippen LogP contribution in [0.15, 0.2) is 23.0 Å². The molecule has 0 saturated carbocycles. The SMILES string of the molecule is COCCOc1cc(C)ccc1NC(=O)CCc1c(C)nc(N2CCOCC2)[nH]c1=O. The van der Waals surface area contributed by atoms with E-state index in [9.17, 15) is 9.59 Å². The molecular formula is C22H30N4O5. The van der Waals surface area contributed by atoms with Crippen LogP contribution in [0.2, 0.25) is 0 Å². The van der Waals surface area contributed by atoms with Crippen molar-refractivity contribution in [1.82, 2.24) is 9.97 Å². The molecule has 1 fully saturated rings. The Kier molecular flexibility index (Phi) is 8.02. The maximum absolute atomic E-state index is 12.6. The van der Waals surface area contributed by atoms with E-state index >= 15 is 0 Å². The molecule has 3 rings (SSSR count). The van der Waals surface area contributed by atoms with E-state index in [0.29, 0.717) is 74.6 Å². The highest BCUT2D eigenvalue weighted by molar-refractivity contribution is 5.92. The van der Waals surface area contributed by atoms with Crippen LogP contribution in [-0.4, -0.2) is 62.5 Å². The van der Waals surface area contributed by atoms with E-state index in [1.807, 2.05) is 30.0 Å². The van der Waals surface area contributed by atoms with Crippen molar-refractivity contribution in [3.05, 3.63) is 45.4 Å². The first-order valence-electron chi connectivity index (χ1n) is 10.4. The molecule has 1 aromatic heterocycles. The van der Waals surface area contributed by atoms with E-state index in [0.717, 1.165) is 5.56 Å². The van der Waals surface area contributed by atoms with Gasteiger partial charge in [0.15, 0.2) is 0 Å². The van der Waals surface area contributed by atoms with Gasteiger partial charge in [-0.3, -0.25) is 14.6 Å². The minimum absolute atomic E-state index is 0.161. The number of hydrogen-bond donors (Lipinski definition) is 2. The summed E-state index contributed by atoms with van der Waals surface area (Å²) in [5.74, 6) is 0.948. The van der Waals surface area contributed by atoms with Crippen LogP contribution in [0.3, 0.4) is 0 Å². The number of aromatic nitrogens is 2. The number of H-pyrrole nitrogens is 1. The number of benzene rings is 1. The summed E-state index contributed by atoms with van der Waals surface area (Å²) < 4.78 is 16.1. The molecule has 0 aliphatic carbocycles. The predicted octanol–water partition coefficient (Wildman–Crippen LogP) is 1.82. The van der Waals surface area contributed by atoms with Crippen LogP contribution < -0.4 is 20.5 Å². The average molecular weight is 431 g/mol. The highest BCUT2D eigenvalue weighted by atomic mass is 16.5. The summed E-state index contributed by atoms with van der Waals surface area (Å²) in [4.78, 5) is 34.5. The van der Waals surface area contributed by atoms with E-state index in [-0.39, 0.29) is 17.9 Å². The van der Waals surface area contributed by atoms with Crippen molar-refractivity contribution in [3.8, 4) is 5.75 Å². The second kappa shape index (κ2) is 10.9. The summed E-state index contributed by atoms with van der Waals surface area (Å²) >= 11 is 0. The first-order chi connectivity index (χ1) is 15.0. The number of nitrogens with one attached hydrogen (secondary N) is 2. The number of carbonyl (C=O) groups excluding carboxylic acids is 1. The Labute approximate surface area is 181 Å². The van der Waals surface area contributed by atoms with Crippen molar-refractivity contribution in [2.24, 2.45) is 0 Å². The van der Waals surface area contributed by atoms with Crippen molar-refractivity contribution in [2.45, 2.75) is 26.7 Å². The number of nitrogens with zero attached hydrogens (tertiary/aromatic N) is 2. The Morgan fingerprint density at radius 2 is 2.03 bits per heavy atom. The number of carbonyl (C=O) groups is 1. The molecule has 0 atom stereocenters. The second-order valence-corrected chi connectivity index (χ2v) is 7.44. The number of aromatic amines is 1. The Bertz CT molecular complexity index is 953. The molecule has 9 nitrogen and oxygen atoms in total. The zero-order valence-electron chi connectivity index (χ0n) is 18.3. The van der Waals surface area contributed by atoms with Gasteiger partial charge >= 0.3 is 0 Å². The minimum Gasteiger partial charge on any atom is -0.489 e. The smallest absolute Gasteiger partial charge is 0.255 e. The van der Waals surface area contributed by atoms with Crippen LogP contribution in [-0.2, 0) is 20.7 Å². The first-order valence-corrected chi connectivity index (χ1v) is 10.4. The van der Waals surface area contributed by atoms with Gasteiger partial charge in [0.2, 0.25) is 11.9 Å². The summed E-state index contributed by atoms with van der Waals surface area (Å²) in [6, 6.07) is 5.59. The van der Waals surface area contributed by atoms with Crippen LogP contribution in [0.25, 0.3) is 0 Å². The fraction of sp³-hybridized carbons (Fsp3) is 0.500. The molecule has 1 saturated heterocycles. The number of aryl methyl sites for hydroxylation is 2. The van der Waals surface area contributed by atoms with Gasteiger partial charge in [-0.05, 0) is 38.0 Å². The number of ether oxygens (including phenoxy) is 3. The second-order valence-electron chi connectivity index (χ2n) is 7.44. The average Bonchev–Trinajstić information content (AvgIpc) is 2.75. The fourth-order valence-corrected chi connectivity index (χ4v) is 3.35. The zero-order valence-corrected chi connectivity index (χ0v) is 18.3. The third-order valence-electron chi connectivity index (χ3n) is 5.08. The third kappa shape index (κ3) is 6.28. The molecule has 1 amide bonds. The van der Waals surface area contributed by atoms with Crippen LogP contribution in [0.4, 0.5) is 11.6 Å². The number of morpholine rings is 1. The van der Waals surface area contributed by atoms with Crippen molar-refractivity contribution in [1.29, 1.82) is 0 Å². The Hall–Kier alpha value is -2.91. The molecule has 2 aromatic rings. The molecule has 1 aliphatic heterocycles. The summed E-state index contributed by atoms with van der Waals surface area (Å²) in [5.41, 5.74) is 2.57. The van der Waals surface area contributed by atoms with Gasteiger partial charge in [0.05, 0.1) is 25.5 Å². The van der Waals surface area contributed by atoms with Gasteiger partial charge in [0.1, 0.15) is 12.4 Å². The molecule has 0 radical (unpaired) electrons. The van der Waals surface area contributed by atoms with Crippen LogP contribution >= 0.6 is 0 Å². The molecule has 0 spiro atoms. The Morgan fingerprint density at radius 1 is 1.26 bits per heavy atom. The monoisotopic (exact) mass is 430 g/mol. The molecule has 1 aromatic carbocycles.